The molecule has 0 aliphatic heterocycles. The second kappa shape index (κ2) is 6.92. The fourth-order valence-electron chi connectivity index (χ4n) is 3.11. The molecule has 0 unspecified atom stereocenters. The molecule has 0 fully saturated rings. The minimum absolute atomic E-state index is 0.179. The van der Waals surface area contributed by atoms with Crippen molar-refractivity contribution < 1.29 is 9.21 Å². The Morgan fingerprint density at radius 3 is 2.50 bits per heavy atom. The average molecular weight is 376 g/mol. The molecule has 0 aliphatic rings. The first-order valence-electron chi connectivity index (χ1n) is 9.09. The number of nitrogens with zero attached hydrogens (tertiary/aromatic N) is 4. The van der Waals surface area contributed by atoms with Gasteiger partial charge in [0, 0.05) is 19.0 Å². The lowest BCUT2D eigenvalue weighted by Gasteiger charge is -2.16. The van der Waals surface area contributed by atoms with Gasteiger partial charge in [0.15, 0.2) is 11.3 Å². The van der Waals surface area contributed by atoms with Crippen LogP contribution in [0.5, 0.6) is 0 Å². The maximum absolute atomic E-state index is 13.2. The van der Waals surface area contributed by atoms with E-state index in [-0.39, 0.29) is 29.1 Å². The van der Waals surface area contributed by atoms with E-state index in [1.807, 2.05) is 32.0 Å². The summed E-state index contributed by atoms with van der Waals surface area (Å²) in [5.74, 6) is -0.177. The number of hydrogen-bond donors (Lipinski definition) is 0. The zero-order valence-electron chi connectivity index (χ0n) is 15.9. The number of aromatic nitrogens is 3. The van der Waals surface area contributed by atoms with Crippen molar-refractivity contribution in [3.05, 3.63) is 64.6 Å². The third kappa shape index (κ3) is 3.05. The Morgan fingerprint density at radius 2 is 1.79 bits per heavy atom. The molecule has 2 aromatic carbocycles. The molecular weight excluding hydrogens is 356 g/mol. The normalized spacial score (nSPS) is 11.4. The highest BCUT2D eigenvalue weighted by atomic mass is 16.4. The van der Waals surface area contributed by atoms with Crippen molar-refractivity contribution in [2.75, 3.05) is 11.9 Å². The summed E-state index contributed by atoms with van der Waals surface area (Å²) in [5.41, 5.74) is 1.26. The number of oxazole rings is 1. The number of para-hydroxylation sites is 2. The molecule has 0 atom stereocenters. The summed E-state index contributed by atoms with van der Waals surface area (Å²) in [6, 6.07) is 14.5. The SMILES string of the molecule is CC(C)Cn1nc(C(=O)N(C)c2nc3ccccc3o2)c2ccccc2c1=O. The van der Waals surface area contributed by atoms with Gasteiger partial charge in [0.1, 0.15) is 5.52 Å². The molecule has 0 N–H and O–H groups in total. The summed E-state index contributed by atoms with van der Waals surface area (Å²) < 4.78 is 7.06. The molecule has 7 heteroatoms. The van der Waals surface area contributed by atoms with Crippen LogP contribution in [0.2, 0.25) is 0 Å². The molecular formula is C21H20N4O3. The fourth-order valence-corrected chi connectivity index (χ4v) is 3.11. The summed E-state index contributed by atoms with van der Waals surface area (Å²) in [7, 11) is 1.58. The van der Waals surface area contributed by atoms with Gasteiger partial charge in [0.2, 0.25) is 0 Å². The molecule has 0 aliphatic carbocycles. The fraction of sp³-hybridized carbons (Fsp3) is 0.238. The summed E-state index contributed by atoms with van der Waals surface area (Å²) >= 11 is 0. The van der Waals surface area contributed by atoms with Crippen LogP contribution in [0.25, 0.3) is 21.9 Å². The van der Waals surface area contributed by atoms with Crippen LogP contribution in [0.15, 0.2) is 57.7 Å². The number of anilines is 1. The molecule has 0 bridgehead atoms. The molecule has 4 aromatic rings. The van der Waals surface area contributed by atoms with Gasteiger partial charge in [-0.15, -0.1) is 0 Å². The van der Waals surface area contributed by atoms with Crippen LogP contribution >= 0.6 is 0 Å². The van der Waals surface area contributed by atoms with Gasteiger partial charge in [-0.2, -0.15) is 10.1 Å². The molecule has 2 heterocycles. The summed E-state index contributed by atoms with van der Waals surface area (Å²) in [6.07, 6.45) is 0. The van der Waals surface area contributed by atoms with Crippen molar-refractivity contribution in [2.45, 2.75) is 20.4 Å². The van der Waals surface area contributed by atoms with Crippen molar-refractivity contribution in [3.8, 4) is 0 Å². The van der Waals surface area contributed by atoms with E-state index in [1.54, 1.807) is 37.4 Å². The zero-order chi connectivity index (χ0) is 19.8. The maximum Gasteiger partial charge on any atom is 0.305 e. The predicted octanol–water partition coefficient (Wildman–Crippen LogP) is 3.47. The minimum atomic E-state index is -0.389. The lowest BCUT2D eigenvalue weighted by molar-refractivity contribution is 0.0983. The molecule has 0 spiro atoms. The Bertz CT molecular complexity index is 1210. The molecule has 0 saturated carbocycles. The first kappa shape index (κ1) is 17.9. The number of carbonyl (C=O) groups excluding carboxylic acids is 1. The van der Waals surface area contributed by atoms with Crippen LogP contribution in [-0.4, -0.2) is 27.7 Å². The van der Waals surface area contributed by atoms with Gasteiger partial charge in [-0.1, -0.05) is 44.2 Å². The van der Waals surface area contributed by atoms with Crippen LogP contribution < -0.4 is 10.5 Å². The Kier molecular flexibility index (Phi) is 4.43. The number of hydrogen-bond acceptors (Lipinski definition) is 5. The third-order valence-electron chi connectivity index (χ3n) is 4.48. The van der Waals surface area contributed by atoms with E-state index >= 15 is 0 Å². The molecule has 2 aromatic heterocycles. The van der Waals surface area contributed by atoms with Crippen LogP contribution in [0.3, 0.4) is 0 Å². The summed E-state index contributed by atoms with van der Waals surface area (Å²) in [4.78, 5) is 31.7. The van der Waals surface area contributed by atoms with E-state index < -0.39 is 0 Å². The van der Waals surface area contributed by atoms with E-state index in [2.05, 4.69) is 10.1 Å². The largest absolute Gasteiger partial charge is 0.423 e. The van der Waals surface area contributed by atoms with Crippen molar-refractivity contribution in [3.63, 3.8) is 0 Å². The van der Waals surface area contributed by atoms with Gasteiger partial charge in [0.25, 0.3) is 11.5 Å². The summed E-state index contributed by atoms with van der Waals surface area (Å²) in [6.45, 7) is 4.42. The number of rotatable bonds is 4. The van der Waals surface area contributed by atoms with Gasteiger partial charge in [0.05, 0.1) is 5.39 Å². The van der Waals surface area contributed by atoms with Gasteiger partial charge >= 0.3 is 6.01 Å². The highest BCUT2D eigenvalue weighted by Gasteiger charge is 2.24. The second-order valence-corrected chi connectivity index (χ2v) is 7.10. The van der Waals surface area contributed by atoms with E-state index in [9.17, 15) is 9.59 Å². The monoisotopic (exact) mass is 376 g/mol. The molecule has 1 amide bonds. The Hall–Kier alpha value is -3.48. The number of amides is 1. The minimum Gasteiger partial charge on any atom is -0.423 e. The topological polar surface area (TPSA) is 81.2 Å². The van der Waals surface area contributed by atoms with Gasteiger partial charge in [-0.3, -0.25) is 14.5 Å². The molecule has 0 saturated heterocycles. The van der Waals surface area contributed by atoms with E-state index in [0.717, 1.165) is 0 Å². The van der Waals surface area contributed by atoms with Gasteiger partial charge < -0.3 is 4.42 Å². The van der Waals surface area contributed by atoms with E-state index in [0.29, 0.717) is 28.4 Å². The van der Waals surface area contributed by atoms with E-state index in [1.165, 1.54) is 9.58 Å². The Morgan fingerprint density at radius 1 is 1.11 bits per heavy atom. The van der Waals surface area contributed by atoms with Gasteiger partial charge in [-0.25, -0.2) is 4.68 Å². The summed E-state index contributed by atoms with van der Waals surface area (Å²) in [5, 5.41) is 5.36. The van der Waals surface area contributed by atoms with Crippen molar-refractivity contribution in [1.29, 1.82) is 0 Å². The molecule has 142 valence electrons. The average Bonchev–Trinajstić information content (AvgIpc) is 3.13. The maximum atomic E-state index is 13.2. The Labute approximate surface area is 161 Å². The van der Waals surface area contributed by atoms with Crippen molar-refractivity contribution >= 4 is 33.8 Å². The lowest BCUT2D eigenvalue weighted by atomic mass is 10.1. The highest BCUT2D eigenvalue weighted by Crippen LogP contribution is 2.23. The quantitative estimate of drug-likeness (QED) is 0.545. The van der Waals surface area contributed by atoms with Gasteiger partial charge in [-0.05, 0) is 24.1 Å². The Balaban J connectivity index is 1.83. The smallest absolute Gasteiger partial charge is 0.305 e. The molecule has 28 heavy (non-hydrogen) atoms. The second-order valence-electron chi connectivity index (χ2n) is 7.10. The first-order valence-corrected chi connectivity index (χ1v) is 9.09. The molecule has 0 radical (unpaired) electrons. The standard InChI is InChI=1S/C21H20N4O3/c1-13(2)12-25-19(26)15-9-5-4-8-14(15)18(23-25)20(27)24(3)21-22-16-10-6-7-11-17(16)28-21/h4-11,13H,12H2,1-3H3. The van der Waals surface area contributed by atoms with Crippen molar-refractivity contribution in [1.82, 2.24) is 14.8 Å². The molecule has 4 rings (SSSR count). The predicted molar refractivity (Wildman–Crippen MR) is 108 cm³/mol. The van der Waals surface area contributed by atoms with E-state index in [4.69, 9.17) is 4.42 Å². The lowest BCUT2D eigenvalue weighted by Crippen LogP contribution is -2.33. The molecule has 7 nitrogen and oxygen atoms in total. The number of carbonyl (C=O) groups is 1. The highest BCUT2D eigenvalue weighted by molar-refractivity contribution is 6.11. The van der Waals surface area contributed by atoms with Crippen LogP contribution in [0.1, 0.15) is 24.3 Å². The van der Waals surface area contributed by atoms with Crippen LogP contribution in [0, 0.1) is 5.92 Å². The first-order chi connectivity index (χ1) is 13.5. The van der Waals surface area contributed by atoms with Crippen LogP contribution in [0.4, 0.5) is 6.01 Å². The third-order valence-corrected chi connectivity index (χ3v) is 4.48. The zero-order valence-corrected chi connectivity index (χ0v) is 15.9. The van der Waals surface area contributed by atoms with Crippen LogP contribution in [-0.2, 0) is 6.54 Å². The van der Waals surface area contributed by atoms with Crippen molar-refractivity contribution in [2.24, 2.45) is 5.92 Å². The number of fused-ring (bicyclic) bond motifs is 2. The number of benzene rings is 2.